The topological polar surface area (TPSA) is 288 Å². The van der Waals surface area contributed by atoms with E-state index in [1.54, 1.807) is 0 Å². The first kappa shape index (κ1) is 25.5. The van der Waals surface area contributed by atoms with Crippen LogP contribution in [-0.2, 0) is 36.3 Å². The Balaban J connectivity index is 1.57. The lowest BCUT2D eigenvalue weighted by Crippen LogP contribution is -2.50. The fourth-order valence-electron chi connectivity index (χ4n) is 3.70. The molecule has 2 bridgehead atoms. The summed E-state index contributed by atoms with van der Waals surface area (Å²) in [6, 6.07) is 0. The van der Waals surface area contributed by atoms with Crippen molar-refractivity contribution < 1.29 is 61.0 Å². The average molecular weight is 549 g/mol. The van der Waals surface area contributed by atoms with Crippen LogP contribution in [0.5, 0.6) is 0 Å². The van der Waals surface area contributed by atoms with Crippen molar-refractivity contribution in [2.24, 2.45) is 0 Å². The second-order valence-electron chi connectivity index (χ2n) is 7.30. The summed E-state index contributed by atoms with van der Waals surface area (Å²) < 4.78 is 59.3. The van der Waals surface area contributed by atoms with Gasteiger partial charge in [0, 0.05) is 0 Å². The van der Waals surface area contributed by atoms with Crippen LogP contribution < -0.4 is 11.3 Å². The number of ether oxygens (including phenoxy) is 2. The number of nitrogen functional groups attached to an aromatic ring is 1. The Bertz CT molecular complexity index is 1320. The molecule has 22 heteroatoms. The second kappa shape index (κ2) is 8.25. The van der Waals surface area contributed by atoms with Gasteiger partial charge in [0.2, 0.25) is 5.95 Å². The van der Waals surface area contributed by atoms with E-state index in [0.29, 0.717) is 0 Å². The number of aromatic amines is 1. The summed E-state index contributed by atoms with van der Waals surface area (Å²) in [6.45, 7) is 0.776. The lowest BCUT2D eigenvalue weighted by Gasteiger charge is -2.35. The Morgan fingerprint density at radius 1 is 1.26 bits per heavy atom. The molecule has 2 aromatic rings. The molecule has 0 spiro atoms. The van der Waals surface area contributed by atoms with E-state index >= 15 is 0 Å². The molecule has 0 amide bonds. The summed E-state index contributed by atoms with van der Waals surface area (Å²) in [5.74, 6) is -0.223. The minimum atomic E-state index is -5.75. The Morgan fingerprint density at radius 3 is 2.59 bits per heavy atom. The molecule has 2 aliphatic heterocycles. The maximum Gasteiger partial charge on any atom is 0.490 e. The standard InChI is InChI=1S/C12H18N5O14P3/c1-4(29-33(23,24)31-34(25,26)30-32(20,21)22)12-2-27-6(7(12)18)10(28-12)17-3-14-5-8(17)15-11(13)16-9(5)19/h3-4,6-7,10,18H,2H2,1H3,(H,23,24)(H,25,26)(H2,20,21,22)(H3,13,15,16,19)/t4-,6+,7-,10+,12+/m0/s1. The van der Waals surface area contributed by atoms with E-state index in [1.165, 1.54) is 10.9 Å². The fraction of sp³-hybridized carbons (Fsp3) is 0.583. The van der Waals surface area contributed by atoms with Gasteiger partial charge in [-0.1, -0.05) is 0 Å². The summed E-state index contributed by atoms with van der Waals surface area (Å²) >= 11 is 0. The number of nitrogens with two attached hydrogens (primary N) is 1. The van der Waals surface area contributed by atoms with E-state index in [0.717, 1.165) is 6.92 Å². The summed E-state index contributed by atoms with van der Waals surface area (Å²) in [7, 11) is -16.8. The van der Waals surface area contributed by atoms with Crippen LogP contribution in [0.15, 0.2) is 11.1 Å². The van der Waals surface area contributed by atoms with E-state index < -0.39 is 59.2 Å². The lowest BCUT2D eigenvalue weighted by molar-refractivity contribution is -0.202. The van der Waals surface area contributed by atoms with Gasteiger partial charge in [0.1, 0.15) is 23.9 Å². The molecule has 190 valence electrons. The average Bonchev–Trinajstić information content (AvgIpc) is 3.28. The molecule has 0 aromatic carbocycles. The number of aromatic nitrogens is 4. The Labute approximate surface area is 187 Å². The van der Waals surface area contributed by atoms with Crippen LogP contribution in [0.2, 0.25) is 0 Å². The number of anilines is 1. The van der Waals surface area contributed by atoms with Gasteiger partial charge in [0.25, 0.3) is 5.56 Å². The molecule has 0 saturated carbocycles. The van der Waals surface area contributed by atoms with Crippen LogP contribution in [0.1, 0.15) is 13.2 Å². The van der Waals surface area contributed by atoms with Crippen molar-refractivity contribution in [1.82, 2.24) is 19.5 Å². The highest BCUT2D eigenvalue weighted by Crippen LogP contribution is 2.67. The van der Waals surface area contributed by atoms with Gasteiger partial charge < -0.3 is 39.9 Å². The number of aliphatic hydroxyl groups is 1. The maximum absolute atomic E-state index is 12.2. The van der Waals surface area contributed by atoms with Crippen molar-refractivity contribution in [2.75, 3.05) is 12.3 Å². The number of aliphatic hydroxyl groups excluding tert-OH is 1. The van der Waals surface area contributed by atoms with Crippen LogP contribution >= 0.6 is 23.5 Å². The summed E-state index contributed by atoms with van der Waals surface area (Å²) in [6.07, 6.45) is -4.13. The molecular weight excluding hydrogens is 531 g/mol. The largest absolute Gasteiger partial charge is 0.490 e. The van der Waals surface area contributed by atoms with Crippen LogP contribution in [0.3, 0.4) is 0 Å². The number of nitrogens with zero attached hydrogens (tertiary/aromatic N) is 3. The number of phosphoric ester groups is 1. The highest BCUT2D eigenvalue weighted by atomic mass is 31.3. The number of fused-ring (bicyclic) bond motifs is 3. The molecule has 34 heavy (non-hydrogen) atoms. The number of phosphoric acid groups is 3. The molecule has 4 heterocycles. The first-order valence-corrected chi connectivity index (χ1v) is 13.6. The molecule has 0 aliphatic carbocycles. The molecule has 2 aromatic heterocycles. The van der Waals surface area contributed by atoms with Gasteiger partial charge >= 0.3 is 23.5 Å². The van der Waals surface area contributed by atoms with Crippen LogP contribution in [0.25, 0.3) is 11.2 Å². The van der Waals surface area contributed by atoms with Crippen LogP contribution in [0.4, 0.5) is 5.95 Å². The van der Waals surface area contributed by atoms with Gasteiger partial charge in [0.15, 0.2) is 17.4 Å². The van der Waals surface area contributed by atoms with E-state index in [2.05, 4.69) is 23.6 Å². The highest BCUT2D eigenvalue weighted by molar-refractivity contribution is 7.66. The first-order chi connectivity index (χ1) is 15.5. The quantitative estimate of drug-likeness (QED) is 0.184. The molecule has 19 nitrogen and oxygen atoms in total. The third-order valence-corrected chi connectivity index (χ3v) is 8.96. The first-order valence-electron chi connectivity index (χ1n) is 9.06. The van der Waals surface area contributed by atoms with Gasteiger partial charge in [-0.2, -0.15) is 13.6 Å². The number of hydrogen-bond donors (Lipinski definition) is 7. The summed E-state index contributed by atoms with van der Waals surface area (Å²) in [5, 5.41) is 10.8. The van der Waals surface area contributed by atoms with Gasteiger partial charge in [-0.25, -0.2) is 18.7 Å². The molecule has 2 unspecified atom stereocenters. The van der Waals surface area contributed by atoms with E-state index in [-0.39, 0.29) is 23.7 Å². The zero-order valence-electron chi connectivity index (χ0n) is 16.8. The minimum Gasteiger partial charge on any atom is -0.387 e. The summed E-state index contributed by atoms with van der Waals surface area (Å²) in [5.41, 5.74) is 2.99. The van der Waals surface area contributed by atoms with Crippen molar-refractivity contribution in [3.05, 3.63) is 16.7 Å². The van der Waals surface area contributed by atoms with E-state index in [4.69, 9.17) is 29.5 Å². The molecule has 7 atom stereocenters. The second-order valence-corrected chi connectivity index (χ2v) is 11.7. The molecule has 8 N–H and O–H groups in total. The number of H-pyrrole nitrogens is 1. The predicted octanol–water partition coefficient (Wildman–Crippen LogP) is -1.54. The Morgan fingerprint density at radius 2 is 1.94 bits per heavy atom. The van der Waals surface area contributed by atoms with Gasteiger partial charge in [0.05, 0.1) is 12.9 Å². The smallest absolute Gasteiger partial charge is 0.387 e. The summed E-state index contributed by atoms with van der Waals surface area (Å²) in [4.78, 5) is 58.5. The number of rotatable bonds is 8. The van der Waals surface area contributed by atoms with Crippen molar-refractivity contribution in [2.45, 2.75) is 37.1 Å². The van der Waals surface area contributed by atoms with Crippen molar-refractivity contribution >= 4 is 40.6 Å². The number of imidazole rings is 1. The maximum atomic E-state index is 12.2. The highest BCUT2D eigenvalue weighted by Gasteiger charge is 2.65. The third-order valence-electron chi connectivity index (χ3n) is 5.05. The molecule has 2 saturated heterocycles. The zero-order chi connectivity index (χ0) is 25.3. The fourth-order valence-corrected chi connectivity index (χ4v) is 6.94. The number of nitrogens with one attached hydrogen (secondary N) is 1. The monoisotopic (exact) mass is 549 g/mol. The normalized spacial score (nSPS) is 31.4. The Hall–Kier alpha value is -1.56. The molecule has 0 radical (unpaired) electrons. The van der Waals surface area contributed by atoms with Gasteiger partial charge in [-0.3, -0.25) is 18.9 Å². The minimum absolute atomic E-state index is 0.00899. The van der Waals surface area contributed by atoms with E-state index in [1.807, 2.05) is 0 Å². The lowest BCUT2D eigenvalue weighted by atomic mass is 9.94. The Kier molecular flexibility index (Phi) is 6.19. The van der Waals surface area contributed by atoms with Gasteiger partial charge in [-0.15, -0.1) is 0 Å². The van der Waals surface area contributed by atoms with E-state index in [9.17, 15) is 33.4 Å². The van der Waals surface area contributed by atoms with Crippen LogP contribution in [0, 0.1) is 0 Å². The zero-order valence-corrected chi connectivity index (χ0v) is 19.4. The molecule has 2 aliphatic rings. The molecular formula is C12H18N5O14P3. The van der Waals surface area contributed by atoms with Crippen molar-refractivity contribution in [3.63, 3.8) is 0 Å². The predicted molar refractivity (Wildman–Crippen MR) is 106 cm³/mol. The van der Waals surface area contributed by atoms with Crippen molar-refractivity contribution in [1.29, 1.82) is 0 Å². The third kappa shape index (κ3) is 4.64. The molecule has 2 fully saturated rings. The van der Waals surface area contributed by atoms with Crippen LogP contribution in [-0.4, -0.2) is 74.7 Å². The number of hydrogen-bond acceptors (Lipinski definition) is 13. The SMILES string of the molecule is C[C@H](OP(=O)(O)OP(=O)(O)OP(=O)(O)O)[C@@]12CO[C@@H]([C@H](n3cnc4c(=O)[nH]c(N)nc43)O1)[C@@H]2O. The van der Waals surface area contributed by atoms with Gasteiger partial charge in [-0.05, 0) is 6.92 Å². The van der Waals surface area contributed by atoms with Crippen molar-refractivity contribution in [3.8, 4) is 0 Å². The molecule has 4 rings (SSSR count).